The van der Waals surface area contributed by atoms with Gasteiger partial charge in [0.2, 0.25) is 0 Å². The molecule has 3 aromatic rings. The standard InChI is InChI=1S/C17H15NOS/c1-19-11-17-18-16(12-20-17)15-9-7-14(8-10-15)13-5-3-2-4-6-13/h2-10,12H,11H2,1H3. The second-order valence-corrected chi connectivity index (χ2v) is 5.45. The summed E-state index contributed by atoms with van der Waals surface area (Å²) in [5.41, 5.74) is 4.61. The zero-order valence-corrected chi connectivity index (χ0v) is 12.1. The Balaban J connectivity index is 1.85. The highest BCUT2D eigenvalue weighted by molar-refractivity contribution is 7.09. The fraction of sp³-hybridized carbons (Fsp3) is 0.118. The molecule has 1 heterocycles. The molecule has 0 saturated heterocycles. The van der Waals surface area contributed by atoms with Crippen LogP contribution in [0.25, 0.3) is 22.4 Å². The van der Waals surface area contributed by atoms with Gasteiger partial charge in [-0.1, -0.05) is 54.6 Å². The predicted octanol–water partition coefficient (Wildman–Crippen LogP) is 4.62. The average Bonchev–Trinajstić information content (AvgIpc) is 2.97. The minimum absolute atomic E-state index is 0.576. The van der Waals surface area contributed by atoms with Crippen LogP contribution in [0.15, 0.2) is 60.0 Å². The first-order valence-corrected chi connectivity index (χ1v) is 7.34. The summed E-state index contributed by atoms with van der Waals surface area (Å²) in [4.78, 5) is 4.57. The summed E-state index contributed by atoms with van der Waals surface area (Å²) in [6, 6.07) is 18.9. The summed E-state index contributed by atoms with van der Waals surface area (Å²) in [7, 11) is 1.69. The fourth-order valence-electron chi connectivity index (χ4n) is 2.10. The molecule has 2 aromatic carbocycles. The van der Waals surface area contributed by atoms with Crippen LogP contribution in [0.1, 0.15) is 5.01 Å². The van der Waals surface area contributed by atoms with Crippen molar-refractivity contribution in [2.45, 2.75) is 6.61 Å². The number of ether oxygens (including phenoxy) is 1. The lowest BCUT2D eigenvalue weighted by Gasteiger charge is -2.02. The van der Waals surface area contributed by atoms with Crippen molar-refractivity contribution < 1.29 is 4.74 Å². The van der Waals surface area contributed by atoms with Gasteiger partial charge in [0.15, 0.2) is 0 Å². The summed E-state index contributed by atoms with van der Waals surface area (Å²) >= 11 is 1.63. The van der Waals surface area contributed by atoms with Crippen LogP contribution in [0.5, 0.6) is 0 Å². The number of benzene rings is 2. The van der Waals surface area contributed by atoms with Crippen LogP contribution < -0.4 is 0 Å². The van der Waals surface area contributed by atoms with Crippen molar-refractivity contribution in [2.24, 2.45) is 0 Å². The van der Waals surface area contributed by atoms with E-state index in [1.54, 1.807) is 18.4 Å². The van der Waals surface area contributed by atoms with E-state index in [-0.39, 0.29) is 0 Å². The molecule has 0 fully saturated rings. The highest BCUT2D eigenvalue weighted by Gasteiger charge is 2.05. The molecular formula is C17H15NOS. The van der Waals surface area contributed by atoms with Gasteiger partial charge in [-0.25, -0.2) is 4.98 Å². The Morgan fingerprint density at radius 2 is 1.55 bits per heavy atom. The number of hydrogen-bond donors (Lipinski definition) is 0. The number of hydrogen-bond acceptors (Lipinski definition) is 3. The molecule has 0 saturated carbocycles. The van der Waals surface area contributed by atoms with Crippen molar-refractivity contribution >= 4 is 11.3 Å². The van der Waals surface area contributed by atoms with Gasteiger partial charge in [-0.05, 0) is 11.1 Å². The second kappa shape index (κ2) is 5.99. The van der Waals surface area contributed by atoms with E-state index in [9.17, 15) is 0 Å². The van der Waals surface area contributed by atoms with Crippen LogP contribution in [0.4, 0.5) is 0 Å². The third-order valence-electron chi connectivity index (χ3n) is 3.11. The van der Waals surface area contributed by atoms with Crippen molar-refractivity contribution in [3.63, 3.8) is 0 Å². The van der Waals surface area contributed by atoms with Gasteiger partial charge in [-0.15, -0.1) is 11.3 Å². The van der Waals surface area contributed by atoms with Gasteiger partial charge in [-0.2, -0.15) is 0 Å². The zero-order valence-electron chi connectivity index (χ0n) is 11.2. The van der Waals surface area contributed by atoms with E-state index in [1.807, 2.05) is 6.07 Å². The van der Waals surface area contributed by atoms with Gasteiger partial charge in [0.05, 0.1) is 12.3 Å². The summed E-state index contributed by atoms with van der Waals surface area (Å²) in [5.74, 6) is 0. The van der Waals surface area contributed by atoms with Crippen molar-refractivity contribution in [3.8, 4) is 22.4 Å². The van der Waals surface area contributed by atoms with Gasteiger partial charge < -0.3 is 4.74 Å². The number of methoxy groups -OCH3 is 1. The summed E-state index contributed by atoms with van der Waals surface area (Å²) in [5, 5.41) is 3.08. The third kappa shape index (κ3) is 2.79. The van der Waals surface area contributed by atoms with Crippen LogP contribution in [-0.4, -0.2) is 12.1 Å². The first-order chi connectivity index (χ1) is 9.86. The predicted molar refractivity (Wildman–Crippen MR) is 83.7 cm³/mol. The van der Waals surface area contributed by atoms with Gasteiger partial charge >= 0.3 is 0 Å². The largest absolute Gasteiger partial charge is 0.378 e. The number of thiazole rings is 1. The molecule has 100 valence electrons. The normalized spacial score (nSPS) is 10.7. The van der Waals surface area contributed by atoms with E-state index in [0.29, 0.717) is 6.61 Å². The fourth-order valence-corrected chi connectivity index (χ4v) is 2.87. The lowest BCUT2D eigenvalue weighted by molar-refractivity contribution is 0.184. The third-order valence-corrected chi connectivity index (χ3v) is 3.93. The molecule has 2 nitrogen and oxygen atoms in total. The van der Waals surface area contributed by atoms with Crippen molar-refractivity contribution in [2.75, 3.05) is 7.11 Å². The number of rotatable bonds is 4. The summed E-state index contributed by atoms with van der Waals surface area (Å²) in [6.45, 7) is 0.576. The molecule has 1 aromatic heterocycles. The van der Waals surface area contributed by atoms with E-state index in [2.05, 4.69) is 58.9 Å². The van der Waals surface area contributed by atoms with E-state index in [1.165, 1.54) is 11.1 Å². The summed E-state index contributed by atoms with van der Waals surface area (Å²) < 4.78 is 5.10. The van der Waals surface area contributed by atoms with Crippen molar-refractivity contribution in [3.05, 3.63) is 65.0 Å². The molecule has 0 spiro atoms. The molecule has 0 aliphatic rings. The highest BCUT2D eigenvalue weighted by Crippen LogP contribution is 2.26. The molecule has 0 aliphatic carbocycles. The van der Waals surface area contributed by atoms with Crippen LogP contribution in [0.3, 0.4) is 0 Å². The lowest BCUT2D eigenvalue weighted by Crippen LogP contribution is -1.86. The van der Waals surface area contributed by atoms with Crippen molar-refractivity contribution in [1.29, 1.82) is 0 Å². The Kier molecular flexibility index (Phi) is 3.90. The van der Waals surface area contributed by atoms with Gasteiger partial charge in [-0.3, -0.25) is 0 Å². The molecule has 0 aliphatic heterocycles. The molecule has 0 atom stereocenters. The average molecular weight is 281 g/mol. The first kappa shape index (κ1) is 13.0. The highest BCUT2D eigenvalue weighted by atomic mass is 32.1. The quantitative estimate of drug-likeness (QED) is 0.696. The molecule has 3 heteroatoms. The van der Waals surface area contributed by atoms with Crippen LogP contribution in [-0.2, 0) is 11.3 Å². The minimum Gasteiger partial charge on any atom is -0.378 e. The van der Waals surface area contributed by atoms with Gasteiger partial charge in [0.1, 0.15) is 5.01 Å². The maximum absolute atomic E-state index is 5.10. The van der Waals surface area contributed by atoms with Crippen molar-refractivity contribution in [1.82, 2.24) is 4.98 Å². The first-order valence-electron chi connectivity index (χ1n) is 6.46. The zero-order chi connectivity index (χ0) is 13.8. The van der Waals surface area contributed by atoms with Crippen LogP contribution in [0, 0.1) is 0 Å². The van der Waals surface area contributed by atoms with E-state index in [4.69, 9.17) is 4.74 Å². The molecule has 0 N–H and O–H groups in total. The second-order valence-electron chi connectivity index (χ2n) is 4.50. The SMILES string of the molecule is COCc1nc(-c2ccc(-c3ccccc3)cc2)cs1. The smallest absolute Gasteiger partial charge is 0.119 e. The Labute approximate surface area is 122 Å². The Morgan fingerprint density at radius 3 is 2.25 bits per heavy atom. The Bertz CT molecular complexity index is 674. The molecule has 0 unspecified atom stereocenters. The summed E-state index contributed by atoms with van der Waals surface area (Å²) in [6.07, 6.45) is 0. The van der Waals surface area contributed by atoms with Gasteiger partial charge in [0.25, 0.3) is 0 Å². The molecule has 20 heavy (non-hydrogen) atoms. The molecular weight excluding hydrogens is 266 g/mol. The van der Waals surface area contributed by atoms with Crippen LogP contribution in [0.2, 0.25) is 0 Å². The number of aromatic nitrogens is 1. The molecule has 0 amide bonds. The van der Waals surface area contributed by atoms with Crippen LogP contribution >= 0.6 is 11.3 Å². The monoisotopic (exact) mass is 281 g/mol. The Morgan fingerprint density at radius 1 is 0.900 bits per heavy atom. The van der Waals surface area contributed by atoms with Gasteiger partial charge in [0, 0.05) is 18.1 Å². The maximum atomic E-state index is 5.10. The minimum atomic E-state index is 0.576. The van der Waals surface area contributed by atoms with E-state index in [0.717, 1.165) is 16.3 Å². The topological polar surface area (TPSA) is 22.1 Å². The van der Waals surface area contributed by atoms with E-state index < -0.39 is 0 Å². The molecule has 0 radical (unpaired) electrons. The lowest BCUT2D eigenvalue weighted by atomic mass is 10.0. The molecule has 0 bridgehead atoms. The maximum Gasteiger partial charge on any atom is 0.119 e. The Hall–Kier alpha value is -1.97. The molecule has 3 rings (SSSR count). The number of nitrogens with zero attached hydrogens (tertiary/aromatic N) is 1. The van der Waals surface area contributed by atoms with E-state index >= 15 is 0 Å².